The lowest BCUT2D eigenvalue weighted by molar-refractivity contribution is 0.0973. The summed E-state index contributed by atoms with van der Waals surface area (Å²) in [4.78, 5) is 17.2. The van der Waals surface area contributed by atoms with Crippen LogP contribution >= 0.6 is 0 Å². The summed E-state index contributed by atoms with van der Waals surface area (Å²) in [5.41, 5.74) is 1.54. The lowest BCUT2D eigenvalue weighted by atomic mass is 10.1. The van der Waals surface area contributed by atoms with Gasteiger partial charge < -0.3 is 13.9 Å². The van der Waals surface area contributed by atoms with Crippen LogP contribution in [0.5, 0.6) is 0 Å². The molecule has 0 radical (unpaired) electrons. The Kier molecular flexibility index (Phi) is 3.50. The summed E-state index contributed by atoms with van der Waals surface area (Å²) in [5.74, 6) is 0.715. The second-order valence-electron chi connectivity index (χ2n) is 6.02. The van der Waals surface area contributed by atoms with Crippen molar-refractivity contribution in [1.29, 1.82) is 0 Å². The molecule has 5 heteroatoms. The van der Waals surface area contributed by atoms with Crippen LogP contribution < -0.4 is 5.56 Å². The zero-order valence-electron chi connectivity index (χ0n) is 13.1. The van der Waals surface area contributed by atoms with Crippen molar-refractivity contribution in [2.24, 2.45) is 7.05 Å². The molecule has 3 heterocycles. The normalized spacial score (nSPS) is 17.9. The van der Waals surface area contributed by atoms with Gasteiger partial charge in [0, 0.05) is 26.0 Å². The molecular formula is C18H19N3O2. The summed E-state index contributed by atoms with van der Waals surface area (Å²) in [6.07, 6.45) is 6.05. The smallest absolute Gasteiger partial charge is 0.261 e. The van der Waals surface area contributed by atoms with Gasteiger partial charge in [0.05, 0.1) is 23.7 Å². The topological polar surface area (TPSA) is 49.0 Å². The molecule has 1 fully saturated rings. The Balaban J connectivity index is 1.82. The van der Waals surface area contributed by atoms with Crippen molar-refractivity contribution in [3.8, 4) is 11.4 Å². The van der Waals surface area contributed by atoms with Gasteiger partial charge in [-0.2, -0.15) is 0 Å². The van der Waals surface area contributed by atoms with Crippen molar-refractivity contribution >= 4 is 10.9 Å². The molecule has 1 atom stereocenters. The fourth-order valence-electron chi connectivity index (χ4n) is 3.29. The largest absolute Gasteiger partial charge is 0.376 e. The lowest BCUT2D eigenvalue weighted by Gasteiger charge is -2.14. The fourth-order valence-corrected chi connectivity index (χ4v) is 3.29. The predicted molar refractivity (Wildman–Crippen MR) is 89.4 cm³/mol. The Hall–Kier alpha value is -2.40. The highest BCUT2D eigenvalue weighted by Gasteiger charge is 2.19. The molecule has 1 aliphatic rings. The number of benzene rings is 1. The summed E-state index contributed by atoms with van der Waals surface area (Å²) in [5, 5.41) is 1.04. The number of para-hydroxylation sites is 1. The minimum Gasteiger partial charge on any atom is -0.376 e. The van der Waals surface area contributed by atoms with Crippen molar-refractivity contribution in [3.05, 3.63) is 53.1 Å². The maximum atomic E-state index is 12.7. The third kappa shape index (κ3) is 2.47. The van der Waals surface area contributed by atoms with Gasteiger partial charge in [0.1, 0.15) is 5.82 Å². The molecule has 1 aliphatic heterocycles. The van der Waals surface area contributed by atoms with E-state index in [4.69, 9.17) is 4.74 Å². The molecule has 1 unspecified atom stereocenters. The van der Waals surface area contributed by atoms with E-state index in [-0.39, 0.29) is 11.7 Å². The number of fused-ring (bicyclic) bond motifs is 1. The first-order valence-electron chi connectivity index (χ1n) is 7.96. The Bertz CT molecular complexity index is 904. The molecule has 4 rings (SSSR count). The van der Waals surface area contributed by atoms with Crippen LogP contribution in [-0.4, -0.2) is 26.8 Å². The van der Waals surface area contributed by atoms with E-state index in [1.807, 2.05) is 48.1 Å². The van der Waals surface area contributed by atoms with Gasteiger partial charge in [0.2, 0.25) is 0 Å². The second-order valence-corrected chi connectivity index (χ2v) is 6.02. The Morgan fingerprint density at radius 3 is 3.04 bits per heavy atom. The van der Waals surface area contributed by atoms with Crippen LogP contribution in [0, 0.1) is 0 Å². The highest BCUT2D eigenvalue weighted by molar-refractivity contribution is 5.83. The molecule has 1 aromatic carbocycles. The van der Waals surface area contributed by atoms with E-state index < -0.39 is 0 Å². The van der Waals surface area contributed by atoms with Crippen molar-refractivity contribution in [2.75, 3.05) is 6.61 Å². The molecule has 0 aliphatic carbocycles. The summed E-state index contributed by atoms with van der Waals surface area (Å²) in [6.45, 7) is 1.57. The number of ether oxygens (including phenoxy) is 1. The first-order valence-corrected chi connectivity index (χ1v) is 7.96. The number of aryl methyl sites for hydroxylation is 1. The molecule has 0 amide bonds. The van der Waals surface area contributed by atoms with E-state index in [2.05, 4.69) is 4.98 Å². The number of rotatable bonds is 3. The molecule has 0 saturated carbocycles. The van der Waals surface area contributed by atoms with Crippen LogP contribution in [0.3, 0.4) is 0 Å². The number of pyridine rings is 1. The number of hydrogen-bond donors (Lipinski definition) is 0. The van der Waals surface area contributed by atoms with Crippen LogP contribution in [-0.2, 0) is 18.3 Å². The van der Waals surface area contributed by atoms with Crippen LogP contribution in [0.25, 0.3) is 22.3 Å². The first kappa shape index (κ1) is 14.2. The molecule has 5 nitrogen and oxygen atoms in total. The van der Waals surface area contributed by atoms with Gasteiger partial charge in [0.25, 0.3) is 5.56 Å². The van der Waals surface area contributed by atoms with Crippen LogP contribution in [0.15, 0.2) is 47.5 Å². The third-order valence-corrected chi connectivity index (χ3v) is 4.51. The standard InChI is InChI=1S/C18H19N3O2/c1-20-16-7-3-2-5-13(16)11-15(18(20)22)17-19-8-9-21(17)12-14-6-4-10-23-14/h2-3,5,7-9,11,14H,4,6,10,12H2,1H3. The van der Waals surface area contributed by atoms with Gasteiger partial charge >= 0.3 is 0 Å². The second kappa shape index (κ2) is 5.66. The highest BCUT2D eigenvalue weighted by Crippen LogP contribution is 2.21. The maximum Gasteiger partial charge on any atom is 0.261 e. The minimum absolute atomic E-state index is 0.0245. The Labute approximate surface area is 134 Å². The first-order chi connectivity index (χ1) is 11.2. The van der Waals surface area contributed by atoms with Crippen LogP contribution in [0.2, 0.25) is 0 Å². The minimum atomic E-state index is -0.0245. The molecule has 0 bridgehead atoms. The predicted octanol–water partition coefficient (Wildman–Crippen LogP) is 2.58. The number of nitrogens with zero attached hydrogens (tertiary/aromatic N) is 3. The van der Waals surface area contributed by atoms with Crippen molar-refractivity contribution < 1.29 is 4.74 Å². The van der Waals surface area contributed by atoms with Gasteiger partial charge in [-0.05, 0) is 30.4 Å². The number of imidazole rings is 1. The average Bonchev–Trinajstić information content (AvgIpc) is 3.23. The van der Waals surface area contributed by atoms with Crippen molar-refractivity contribution in [1.82, 2.24) is 14.1 Å². The van der Waals surface area contributed by atoms with E-state index in [1.165, 1.54) is 0 Å². The Morgan fingerprint density at radius 2 is 2.22 bits per heavy atom. The average molecular weight is 309 g/mol. The molecule has 0 spiro atoms. The molecule has 0 N–H and O–H groups in total. The van der Waals surface area contributed by atoms with Crippen LogP contribution in [0.4, 0.5) is 0 Å². The van der Waals surface area contributed by atoms with E-state index in [0.717, 1.165) is 36.9 Å². The third-order valence-electron chi connectivity index (χ3n) is 4.51. The highest BCUT2D eigenvalue weighted by atomic mass is 16.5. The van der Waals surface area contributed by atoms with Crippen molar-refractivity contribution in [2.45, 2.75) is 25.5 Å². The molecule has 2 aromatic heterocycles. The maximum absolute atomic E-state index is 12.7. The van der Waals surface area contributed by atoms with Crippen molar-refractivity contribution in [3.63, 3.8) is 0 Å². The molecule has 1 saturated heterocycles. The zero-order valence-corrected chi connectivity index (χ0v) is 13.1. The van der Waals surface area contributed by atoms with E-state index in [1.54, 1.807) is 10.8 Å². The fraction of sp³-hybridized carbons (Fsp3) is 0.333. The zero-order chi connectivity index (χ0) is 15.8. The van der Waals surface area contributed by atoms with Gasteiger partial charge in [-0.25, -0.2) is 4.98 Å². The SMILES string of the molecule is Cn1c(=O)c(-c2nccn2CC2CCCO2)cc2ccccc21. The van der Waals surface area contributed by atoms with E-state index >= 15 is 0 Å². The molecule has 118 valence electrons. The summed E-state index contributed by atoms with van der Waals surface area (Å²) < 4.78 is 9.43. The van der Waals surface area contributed by atoms with Gasteiger partial charge in [0.15, 0.2) is 0 Å². The van der Waals surface area contributed by atoms with E-state index in [0.29, 0.717) is 11.4 Å². The summed E-state index contributed by atoms with van der Waals surface area (Å²) in [7, 11) is 1.81. The summed E-state index contributed by atoms with van der Waals surface area (Å²) >= 11 is 0. The molecular weight excluding hydrogens is 290 g/mol. The lowest BCUT2D eigenvalue weighted by Crippen LogP contribution is -2.22. The van der Waals surface area contributed by atoms with Gasteiger partial charge in [-0.15, -0.1) is 0 Å². The Morgan fingerprint density at radius 1 is 1.35 bits per heavy atom. The summed E-state index contributed by atoms with van der Waals surface area (Å²) in [6, 6.07) is 9.84. The monoisotopic (exact) mass is 309 g/mol. The van der Waals surface area contributed by atoms with Gasteiger partial charge in [-0.1, -0.05) is 18.2 Å². The van der Waals surface area contributed by atoms with Crippen LogP contribution in [0.1, 0.15) is 12.8 Å². The molecule has 3 aromatic rings. The number of hydrogen-bond acceptors (Lipinski definition) is 3. The quantitative estimate of drug-likeness (QED) is 0.747. The van der Waals surface area contributed by atoms with Gasteiger partial charge in [-0.3, -0.25) is 4.79 Å². The van der Waals surface area contributed by atoms with E-state index in [9.17, 15) is 4.79 Å². The molecule has 23 heavy (non-hydrogen) atoms. The number of aromatic nitrogens is 3.